The van der Waals surface area contributed by atoms with Crippen LogP contribution in [0.15, 0.2) is 30.6 Å². The Balaban J connectivity index is 2.37. The maximum absolute atomic E-state index is 12.9. The van der Waals surface area contributed by atoms with Gasteiger partial charge in [-0.2, -0.15) is 13.2 Å². The van der Waals surface area contributed by atoms with Gasteiger partial charge in [0.1, 0.15) is 0 Å². The van der Waals surface area contributed by atoms with E-state index in [1.165, 1.54) is 18.3 Å². The first-order valence-electron chi connectivity index (χ1n) is 6.43. The molecule has 0 saturated heterocycles. The number of imidazole rings is 1. The average Bonchev–Trinajstić information content (AvgIpc) is 2.84. The van der Waals surface area contributed by atoms with Crippen molar-refractivity contribution in [2.24, 2.45) is 5.92 Å². The van der Waals surface area contributed by atoms with Crippen LogP contribution < -0.4 is 5.32 Å². The molecule has 21 heavy (non-hydrogen) atoms. The lowest BCUT2D eigenvalue weighted by molar-refractivity contribution is -0.137. The standard InChI is InChI=1S/C14H15ClF3N3/c1-9(2)8-20-13-19-5-6-21(13)10-3-4-12(15)11(7-10)14(16,17)18/h3-7,9H,8H2,1-2H3,(H,19,20). The van der Waals surface area contributed by atoms with E-state index in [0.717, 1.165) is 6.07 Å². The molecule has 0 radical (unpaired) electrons. The largest absolute Gasteiger partial charge is 0.417 e. The maximum Gasteiger partial charge on any atom is 0.417 e. The van der Waals surface area contributed by atoms with Crippen molar-refractivity contribution in [1.82, 2.24) is 9.55 Å². The summed E-state index contributed by atoms with van der Waals surface area (Å²) in [5, 5.41) is 2.78. The Morgan fingerprint density at radius 2 is 2.05 bits per heavy atom. The van der Waals surface area contributed by atoms with Gasteiger partial charge in [-0.15, -0.1) is 0 Å². The molecule has 1 heterocycles. The van der Waals surface area contributed by atoms with E-state index in [2.05, 4.69) is 10.3 Å². The van der Waals surface area contributed by atoms with Gasteiger partial charge in [-0.05, 0) is 24.1 Å². The number of nitrogens with zero attached hydrogens (tertiary/aromatic N) is 2. The highest BCUT2D eigenvalue weighted by molar-refractivity contribution is 6.31. The van der Waals surface area contributed by atoms with Gasteiger partial charge in [-0.3, -0.25) is 4.57 Å². The molecular weight excluding hydrogens is 303 g/mol. The molecule has 0 aliphatic carbocycles. The molecule has 2 aromatic rings. The van der Waals surface area contributed by atoms with Gasteiger partial charge >= 0.3 is 6.18 Å². The Hall–Kier alpha value is -1.69. The second-order valence-corrected chi connectivity index (χ2v) is 5.46. The summed E-state index contributed by atoms with van der Waals surface area (Å²) in [6.07, 6.45) is -1.35. The Labute approximate surface area is 125 Å². The number of hydrogen-bond acceptors (Lipinski definition) is 2. The van der Waals surface area contributed by atoms with E-state index in [4.69, 9.17) is 11.6 Å². The number of alkyl halides is 3. The topological polar surface area (TPSA) is 29.9 Å². The molecule has 0 atom stereocenters. The summed E-state index contributed by atoms with van der Waals surface area (Å²) in [5.74, 6) is 0.894. The fraction of sp³-hybridized carbons (Fsp3) is 0.357. The predicted molar refractivity (Wildman–Crippen MR) is 76.9 cm³/mol. The molecule has 0 spiro atoms. The number of rotatable bonds is 4. The first-order chi connectivity index (χ1) is 9.79. The van der Waals surface area contributed by atoms with E-state index in [0.29, 0.717) is 24.1 Å². The highest BCUT2D eigenvalue weighted by Gasteiger charge is 2.33. The first kappa shape index (κ1) is 15.7. The van der Waals surface area contributed by atoms with Crippen molar-refractivity contribution in [2.45, 2.75) is 20.0 Å². The molecule has 7 heteroatoms. The monoisotopic (exact) mass is 317 g/mol. The summed E-state index contributed by atoms with van der Waals surface area (Å²) < 4.78 is 40.3. The normalized spacial score (nSPS) is 12.0. The first-order valence-corrected chi connectivity index (χ1v) is 6.81. The molecule has 0 bridgehead atoms. The van der Waals surface area contributed by atoms with Gasteiger partial charge in [-0.25, -0.2) is 4.98 Å². The molecule has 0 amide bonds. The number of anilines is 1. The third-order valence-electron chi connectivity index (χ3n) is 2.84. The van der Waals surface area contributed by atoms with Gasteiger partial charge in [0.25, 0.3) is 0 Å². The zero-order valence-electron chi connectivity index (χ0n) is 11.6. The molecule has 114 valence electrons. The minimum absolute atomic E-state index is 0.317. The van der Waals surface area contributed by atoms with Crippen LogP contribution in [0.25, 0.3) is 5.69 Å². The van der Waals surface area contributed by atoms with Gasteiger partial charge < -0.3 is 5.32 Å². The highest BCUT2D eigenvalue weighted by atomic mass is 35.5. The van der Waals surface area contributed by atoms with E-state index < -0.39 is 11.7 Å². The van der Waals surface area contributed by atoms with Gasteiger partial charge in [0, 0.05) is 24.6 Å². The summed E-state index contributed by atoms with van der Waals surface area (Å²) in [6.45, 7) is 4.74. The molecule has 0 aliphatic rings. The zero-order chi connectivity index (χ0) is 15.6. The number of benzene rings is 1. The number of halogens is 4. The van der Waals surface area contributed by atoms with Crippen LogP contribution in [-0.2, 0) is 6.18 Å². The van der Waals surface area contributed by atoms with Gasteiger partial charge in [0.15, 0.2) is 0 Å². The Kier molecular flexibility index (Phi) is 4.46. The number of nitrogens with one attached hydrogen (secondary N) is 1. The van der Waals surface area contributed by atoms with E-state index in [9.17, 15) is 13.2 Å². The van der Waals surface area contributed by atoms with Crippen LogP contribution in [0.2, 0.25) is 5.02 Å². The lowest BCUT2D eigenvalue weighted by atomic mass is 10.2. The predicted octanol–water partition coefficient (Wildman–Crippen LogP) is 4.61. The molecule has 0 saturated carbocycles. The van der Waals surface area contributed by atoms with Crippen molar-refractivity contribution in [1.29, 1.82) is 0 Å². The van der Waals surface area contributed by atoms with Crippen LogP contribution >= 0.6 is 11.6 Å². The molecule has 0 aliphatic heterocycles. The van der Waals surface area contributed by atoms with Crippen molar-refractivity contribution in [3.05, 3.63) is 41.2 Å². The third-order valence-corrected chi connectivity index (χ3v) is 3.17. The summed E-state index contributed by atoms with van der Waals surface area (Å²) in [7, 11) is 0. The highest BCUT2D eigenvalue weighted by Crippen LogP contribution is 2.36. The fourth-order valence-electron chi connectivity index (χ4n) is 1.82. The van der Waals surface area contributed by atoms with E-state index >= 15 is 0 Å². The molecule has 1 aromatic carbocycles. The van der Waals surface area contributed by atoms with Crippen LogP contribution in [0, 0.1) is 5.92 Å². The average molecular weight is 318 g/mol. The van der Waals surface area contributed by atoms with Crippen LogP contribution in [0.3, 0.4) is 0 Å². The molecular formula is C14H15ClF3N3. The van der Waals surface area contributed by atoms with Crippen molar-refractivity contribution in [2.75, 3.05) is 11.9 Å². The van der Waals surface area contributed by atoms with Crippen molar-refractivity contribution in [3.8, 4) is 5.69 Å². The minimum atomic E-state index is -4.49. The molecule has 3 nitrogen and oxygen atoms in total. The molecule has 0 fully saturated rings. The van der Waals surface area contributed by atoms with Gasteiger partial charge in [-0.1, -0.05) is 25.4 Å². The van der Waals surface area contributed by atoms with Gasteiger partial charge in [0.05, 0.1) is 10.6 Å². The lowest BCUT2D eigenvalue weighted by Crippen LogP contribution is -2.12. The smallest absolute Gasteiger partial charge is 0.355 e. The second-order valence-electron chi connectivity index (χ2n) is 5.06. The van der Waals surface area contributed by atoms with Crippen LogP contribution in [-0.4, -0.2) is 16.1 Å². The Morgan fingerprint density at radius 1 is 1.33 bits per heavy atom. The van der Waals surface area contributed by atoms with E-state index in [-0.39, 0.29) is 5.02 Å². The molecule has 1 aromatic heterocycles. The van der Waals surface area contributed by atoms with Crippen molar-refractivity contribution >= 4 is 17.5 Å². The number of aromatic nitrogens is 2. The quantitative estimate of drug-likeness (QED) is 0.892. The summed E-state index contributed by atoms with van der Waals surface area (Å²) in [6, 6.07) is 3.79. The second kappa shape index (κ2) is 5.97. The Morgan fingerprint density at radius 3 is 2.67 bits per heavy atom. The fourth-order valence-corrected chi connectivity index (χ4v) is 2.04. The van der Waals surface area contributed by atoms with Crippen LogP contribution in [0.4, 0.5) is 19.1 Å². The summed E-state index contributed by atoms with van der Waals surface area (Å²) in [5.41, 5.74) is -0.499. The van der Waals surface area contributed by atoms with Gasteiger partial charge in [0.2, 0.25) is 5.95 Å². The zero-order valence-corrected chi connectivity index (χ0v) is 12.3. The molecule has 0 unspecified atom stereocenters. The Bertz CT molecular complexity index is 620. The van der Waals surface area contributed by atoms with Crippen LogP contribution in [0.5, 0.6) is 0 Å². The summed E-state index contributed by atoms with van der Waals surface area (Å²) >= 11 is 5.62. The van der Waals surface area contributed by atoms with Crippen molar-refractivity contribution < 1.29 is 13.2 Å². The lowest BCUT2D eigenvalue weighted by Gasteiger charge is -2.14. The van der Waals surface area contributed by atoms with E-state index in [1.54, 1.807) is 10.8 Å². The SMILES string of the molecule is CC(C)CNc1nccn1-c1ccc(Cl)c(C(F)(F)F)c1. The van der Waals surface area contributed by atoms with Crippen LogP contribution in [0.1, 0.15) is 19.4 Å². The third kappa shape index (κ3) is 3.69. The van der Waals surface area contributed by atoms with Crippen molar-refractivity contribution in [3.63, 3.8) is 0 Å². The van der Waals surface area contributed by atoms with E-state index in [1.807, 2.05) is 13.8 Å². The number of hydrogen-bond donors (Lipinski definition) is 1. The molecule has 1 N–H and O–H groups in total. The summed E-state index contributed by atoms with van der Waals surface area (Å²) in [4.78, 5) is 4.12. The molecule has 2 rings (SSSR count). The maximum atomic E-state index is 12.9. The minimum Gasteiger partial charge on any atom is -0.355 e.